The first kappa shape index (κ1) is 12.0. The molecule has 0 aliphatic rings. The molecule has 19 heavy (non-hydrogen) atoms. The van der Waals surface area contributed by atoms with Gasteiger partial charge < -0.3 is 4.98 Å². The van der Waals surface area contributed by atoms with Crippen LogP contribution in [-0.2, 0) is 5.41 Å². The monoisotopic (exact) mass is 276 g/mol. The third-order valence-electron chi connectivity index (χ3n) is 2.87. The van der Waals surface area contributed by atoms with Crippen LogP contribution in [-0.4, -0.2) is 29.8 Å². The van der Waals surface area contributed by atoms with E-state index < -0.39 is 0 Å². The number of aromatic nitrogens is 6. The summed E-state index contributed by atoms with van der Waals surface area (Å²) in [5.74, 6) is 0. The van der Waals surface area contributed by atoms with Crippen molar-refractivity contribution < 1.29 is 0 Å². The number of aromatic amines is 2. The zero-order chi connectivity index (χ0) is 13.8. The van der Waals surface area contributed by atoms with Crippen LogP contribution in [0.5, 0.6) is 0 Å². The molecular formula is C11H12N6OS. The van der Waals surface area contributed by atoms with Crippen LogP contribution in [0, 0.1) is 4.64 Å². The lowest BCUT2D eigenvalue weighted by Gasteiger charge is -2.16. The summed E-state index contributed by atoms with van der Waals surface area (Å²) in [6, 6.07) is 0. The zero-order valence-corrected chi connectivity index (χ0v) is 11.5. The first-order valence-electron chi connectivity index (χ1n) is 5.75. The van der Waals surface area contributed by atoms with Crippen molar-refractivity contribution in [2.24, 2.45) is 0 Å². The lowest BCUT2D eigenvalue weighted by molar-refractivity contribution is 0.548. The van der Waals surface area contributed by atoms with Gasteiger partial charge in [0, 0.05) is 5.41 Å². The average molecular weight is 276 g/mol. The summed E-state index contributed by atoms with van der Waals surface area (Å²) in [7, 11) is 0. The number of hydrogen-bond acceptors (Lipinski definition) is 5. The number of nitrogens with one attached hydrogen (secondary N) is 2. The van der Waals surface area contributed by atoms with E-state index in [0.29, 0.717) is 27.0 Å². The van der Waals surface area contributed by atoms with Gasteiger partial charge in [0.05, 0.1) is 6.33 Å². The predicted octanol–water partition coefficient (Wildman–Crippen LogP) is 1.32. The second-order valence-electron chi connectivity index (χ2n) is 5.33. The number of hydrogen-bond donors (Lipinski definition) is 2. The molecule has 3 rings (SSSR count). The maximum Gasteiger partial charge on any atom is 0.264 e. The van der Waals surface area contributed by atoms with Crippen molar-refractivity contribution in [2.45, 2.75) is 26.2 Å². The summed E-state index contributed by atoms with van der Waals surface area (Å²) in [6.45, 7) is 6.02. The summed E-state index contributed by atoms with van der Waals surface area (Å²) in [4.78, 5) is 18.4. The molecule has 8 heteroatoms. The van der Waals surface area contributed by atoms with Gasteiger partial charge in [-0.25, -0.2) is 9.50 Å². The minimum Gasteiger partial charge on any atom is -0.312 e. The zero-order valence-electron chi connectivity index (χ0n) is 10.7. The number of fused-ring (bicyclic) bond motifs is 3. The average Bonchev–Trinajstić information content (AvgIpc) is 2.68. The molecule has 0 saturated carbocycles. The van der Waals surface area contributed by atoms with Gasteiger partial charge in [-0.2, -0.15) is 0 Å². The fraction of sp³-hybridized carbons (Fsp3) is 0.364. The van der Waals surface area contributed by atoms with Gasteiger partial charge in [-0.1, -0.05) is 33.0 Å². The molecule has 0 bridgehead atoms. The predicted molar refractivity (Wildman–Crippen MR) is 72.8 cm³/mol. The Morgan fingerprint density at radius 2 is 2.05 bits per heavy atom. The summed E-state index contributed by atoms with van der Waals surface area (Å²) >= 11 is 5.42. The van der Waals surface area contributed by atoms with Gasteiger partial charge in [0.2, 0.25) is 0 Å². The van der Waals surface area contributed by atoms with E-state index in [0.717, 1.165) is 0 Å². The van der Waals surface area contributed by atoms with Gasteiger partial charge in [0.25, 0.3) is 5.56 Å². The Hall–Kier alpha value is -2.09. The molecule has 0 unspecified atom stereocenters. The van der Waals surface area contributed by atoms with Crippen molar-refractivity contribution in [3.63, 3.8) is 0 Å². The lowest BCUT2D eigenvalue weighted by atomic mass is 9.93. The molecule has 0 saturated heterocycles. The molecule has 3 aromatic heterocycles. The highest BCUT2D eigenvalue weighted by atomic mass is 32.1. The first-order valence-corrected chi connectivity index (χ1v) is 6.16. The molecular weight excluding hydrogens is 264 g/mol. The van der Waals surface area contributed by atoms with Crippen molar-refractivity contribution >= 4 is 28.9 Å². The SMILES string of the molecule is CC(C)(C)c1nnc2c3c(=O)[nH]cnc3[nH]n2c1=S. The minimum absolute atomic E-state index is 0.220. The molecule has 3 aromatic rings. The number of rotatable bonds is 0. The van der Waals surface area contributed by atoms with Gasteiger partial charge in [-0.05, 0) is 0 Å². The molecule has 2 N–H and O–H groups in total. The highest BCUT2D eigenvalue weighted by molar-refractivity contribution is 7.71. The molecule has 98 valence electrons. The van der Waals surface area contributed by atoms with Crippen LogP contribution >= 0.6 is 12.2 Å². The van der Waals surface area contributed by atoms with E-state index in [1.165, 1.54) is 6.33 Å². The second kappa shape index (κ2) is 3.70. The van der Waals surface area contributed by atoms with E-state index in [1.54, 1.807) is 4.52 Å². The van der Waals surface area contributed by atoms with E-state index in [2.05, 4.69) is 25.3 Å². The third kappa shape index (κ3) is 1.67. The van der Waals surface area contributed by atoms with E-state index in [4.69, 9.17) is 12.2 Å². The molecule has 0 aromatic carbocycles. The fourth-order valence-electron chi connectivity index (χ4n) is 1.92. The van der Waals surface area contributed by atoms with Crippen molar-refractivity contribution in [3.8, 4) is 0 Å². The van der Waals surface area contributed by atoms with Gasteiger partial charge >= 0.3 is 0 Å². The molecule has 0 radical (unpaired) electrons. The first-order chi connectivity index (χ1) is 8.89. The maximum absolute atomic E-state index is 11.8. The fourth-order valence-corrected chi connectivity index (χ4v) is 2.40. The van der Waals surface area contributed by atoms with Crippen molar-refractivity contribution in [3.05, 3.63) is 27.0 Å². The van der Waals surface area contributed by atoms with Crippen molar-refractivity contribution in [1.29, 1.82) is 0 Å². The van der Waals surface area contributed by atoms with Crippen LogP contribution in [0.2, 0.25) is 0 Å². The smallest absolute Gasteiger partial charge is 0.264 e. The van der Waals surface area contributed by atoms with Crippen LogP contribution in [0.4, 0.5) is 0 Å². The largest absolute Gasteiger partial charge is 0.312 e. The van der Waals surface area contributed by atoms with E-state index in [9.17, 15) is 4.79 Å². The normalized spacial score (nSPS) is 12.4. The quantitative estimate of drug-likeness (QED) is 0.604. The van der Waals surface area contributed by atoms with Gasteiger partial charge in [0.1, 0.15) is 11.1 Å². The summed E-state index contributed by atoms with van der Waals surface area (Å²) in [5, 5.41) is 11.6. The highest BCUT2D eigenvalue weighted by Crippen LogP contribution is 2.22. The molecule has 0 aliphatic carbocycles. The Balaban J connectivity index is 2.54. The summed E-state index contributed by atoms with van der Waals surface area (Å²) in [6.07, 6.45) is 1.34. The molecule has 0 fully saturated rings. The number of nitrogens with zero attached hydrogens (tertiary/aromatic N) is 4. The molecule has 7 nitrogen and oxygen atoms in total. The van der Waals surface area contributed by atoms with Crippen molar-refractivity contribution in [1.82, 2.24) is 29.8 Å². The van der Waals surface area contributed by atoms with Gasteiger partial charge in [-0.3, -0.25) is 9.89 Å². The topological polar surface area (TPSA) is 91.7 Å². The Kier molecular flexibility index (Phi) is 2.33. The maximum atomic E-state index is 11.8. The van der Waals surface area contributed by atoms with Crippen LogP contribution in [0.25, 0.3) is 16.7 Å². The van der Waals surface area contributed by atoms with Crippen molar-refractivity contribution in [2.75, 3.05) is 0 Å². The highest BCUT2D eigenvalue weighted by Gasteiger charge is 2.21. The summed E-state index contributed by atoms with van der Waals surface area (Å²) < 4.78 is 2.09. The molecule has 0 amide bonds. The second-order valence-corrected chi connectivity index (χ2v) is 5.72. The minimum atomic E-state index is -0.268. The molecule has 0 spiro atoms. The molecule has 0 atom stereocenters. The Bertz CT molecular complexity index is 897. The van der Waals surface area contributed by atoms with E-state index in [-0.39, 0.29) is 11.0 Å². The standard InChI is InChI=1S/C11H12N6OS/c1-11(2,3)6-10(19)17-8(15-14-6)5-7(16-17)12-4-13-9(5)18/h4H,1-3H3,(H2,12,13,16,18). The Morgan fingerprint density at radius 1 is 1.32 bits per heavy atom. The third-order valence-corrected chi connectivity index (χ3v) is 3.24. The summed E-state index contributed by atoms with van der Waals surface area (Å²) in [5.41, 5.74) is 1.04. The number of H-pyrrole nitrogens is 2. The van der Waals surface area contributed by atoms with Gasteiger partial charge in [-0.15, -0.1) is 10.2 Å². The Morgan fingerprint density at radius 3 is 2.74 bits per heavy atom. The van der Waals surface area contributed by atoms with Crippen LogP contribution in [0.1, 0.15) is 26.5 Å². The molecule has 3 heterocycles. The molecule has 0 aliphatic heterocycles. The van der Waals surface area contributed by atoms with Crippen LogP contribution < -0.4 is 5.56 Å². The Labute approximate surface area is 112 Å². The van der Waals surface area contributed by atoms with Gasteiger partial charge in [0.15, 0.2) is 15.9 Å². The van der Waals surface area contributed by atoms with Crippen LogP contribution in [0.3, 0.4) is 0 Å². The van der Waals surface area contributed by atoms with E-state index in [1.807, 2.05) is 20.8 Å². The van der Waals surface area contributed by atoms with Crippen LogP contribution in [0.15, 0.2) is 11.1 Å². The lowest BCUT2D eigenvalue weighted by Crippen LogP contribution is -2.17. The van der Waals surface area contributed by atoms with E-state index >= 15 is 0 Å².